The van der Waals surface area contributed by atoms with Crippen LogP contribution in [0.5, 0.6) is 5.75 Å². The summed E-state index contributed by atoms with van der Waals surface area (Å²) in [5.74, 6) is 1.01. The number of imidazole rings is 1. The number of hydrogen-bond donors (Lipinski definition) is 4. The van der Waals surface area contributed by atoms with Crippen molar-refractivity contribution in [1.82, 2.24) is 14.5 Å². The second-order valence-corrected chi connectivity index (χ2v) is 5.73. The van der Waals surface area contributed by atoms with Crippen molar-refractivity contribution in [2.75, 3.05) is 30.0 Å². The molecule has 9 heteroatoms. The van der Waals surface area contributed by atoms with Gasteiger partial charge < -0.3 is 26.1 Å². The van der Waals surface area contributed by atoms with Gasteiger partial charge >= 0.3 is 5.69 Å². The van der Waals surface area contributed by atoms with E-state index >= 15 is 0 Å². The predicted octanol–water partition coefficient (Wildman–Crippen LogP) is 0.680. The van der Waals surface area contributed by atoms with Crippen LogP contribution in [0.15, 0.2) is 35.3 Å². The number of aromatic amines is 2. The standard InChI is InChI=1S/C16H16N6O3/c1-21-10-6-8(2-3-11(10)25-7-12(21)23)22-13(15(18)20-16(22)24)9-4-5-19-14(9)17/h2-6,19H,7,17-18H2,1H3,(H,20,24). The molecule has 25 heavy (non-hydrogen) atoms. The third kappa shape index (κ3) is 2.17. The van der Waals surface area contributed by atoms with Crippen LogP contribution in [0, 0.1) is 0 Å². The van der Waals surface area contributed by atoms with Crippen molar-refractivity contribution >= 4 is 23.2 Å². The van der Waals surface area contributed by atoms with Crippen LogP contribution in [0.4, 0.5) is 17.3 Å². The van der Waals surface area contributed by atoms with E-state index in [0.29, 0.717) is 34.2 Å². The van der Waals surface area contributed by atoms with E-state index < -0.39 is 5.69 Å². The number of carbonyl (C=O) groups excluding carboxylic acids is 1. The first-order valence-electron chi connectivity index (χ1n) is 7.55. The Hall–Kier alpha value is -3.62. The Morgan fingerprint density at radius 2 is 1.96 bits per heavy atom. The Morgan fingerprint density at radius 3 is 2.68 bits per heavy atom. The van der Waals surface area contributed by atoms with Gasteiger partial charge in [0.15, 0.2) is 6.61 Å². The van der Waals surface area contributed by atoms with E-state index in [1.54, 1.807) is 37.5 Å². The summed E-state index contributed by atoms with van der Waals surface area (Å²) >= 11 is 0. The van der Waals surface area contributed by atoms with Crippen LogP contribution >= 0.6 is 0 Å². The molecule has 1 aliphatic heterocycles. The Balaban J connectivity index is 1.94. The summed E-state index contributed by atoms with van der Waals surface area (Å²) in [4.78, 5) is 31.3. The highest BCUT2D eigenvalue weighted by atomic mass is 16.5. The lowest BCUT2D eigenvalue weighted by molar-refractivity contribution is -0.120. The van der Waals surface area contributed by atoms with Crippen molar-refractivity contribution < 1.29 is 9.53 Å². The number of benzene rings is 1. The van der Waals surface area contributed by atoms with Gasteiger partial charge in [-0.3, -0.25) is 14.3 Å². The fraction of sp³-hybridized carbons (Fsp3) is 0.125. The van der Waals surface area contributed by atoms with E-state index in [2.05, 4.69) is 9.97 Å². The summed E-state index contributed by atoms with van der Waals surface area (Å²) in [6.07, 6.45) is 1.67. The van der Waals surface area contributed by atoms with Gasteiger partial charge in [0.05, 0.1) is 11.4 Å². The number of ether oxygens (including phenoxy) is 1. The summed E-state index contributed by atoms with van der Waals surface area (Å²) in [5.41, 5.74) is 13.7. The minimum Gasteiger partial charge on any atom is -0.482 e. The van der Waals surface area contributed by atoms with E-state index in [1.165, 1.54) is 9.47 Å². The molecule has 0 spiro atoms. The van der Waals surface area contributed by atoms with Gasteiger partial charge in [-0.15, -0.1) is 0 Å². The number of aromatic nitrogens is 3. The van der Waals surface area contributed by atoms with Crippen molar-refractivity contribution in [3.05, 3.63) is 40.9 Å². The molecule has 9 nitrogen and oxygen atoms in total. The minimum absolute atomic E-state index is 0.00890. The normalized spacial score (nSPS) is 13.6. The monoisotopic (exact) mass is 340 g/mol. The van der Waals surface area contributed by atoms with Gasteiger partial charge in [0, 0.05) is 18.8 Å². The molecule has 0 unspecified atom stereocenters. The zero-order chi connectivity index (χ0) is 17.7. The SMILES string of the molecule is CN1C(=O)COc2ccc(-n3c(-c4cc[nH]c4N)c(N)[nH]c3=O)cc21. The van der Waals surface area contributed by atoms with Crippen molar-refractivity contribution in [1.29, 1.82) is 0 Å². The molecular weight excluding hydrogens is 324 g/mol. The number of hydrogen-bond acceptors (Lipinski definition) is 5. The Morgan fingerprint density at radius 1 is 1.16 bits per heavy atom. The highest BCUT2D eigenvalue weighted by Crippen LogP contribution is 2.35. The van der Waals surface area contributed by atoms with Gasteiger partial charge in [0.25, 0.3) is 5.91 Å². The van der Waals surface area contributed by atoms with Gasteiger partial charge in [-0.1, -0.05) is 0 Å². The van der Waals surface area contributed by atoms with Crippen molar-refractivity contribution in [3.8, 4) is 22.7 Å². The van der Waals surface area contributed by atoms with Crippen LogP contribution in [0.3, 0.4) is 0 Å². The molecule has 3 heterocycles. The van der Waals surface area contributed by atoms with E-state index in [0.717, 1.165) is 0 Å². The smallest absolute Gasteiger partial charge is 0.332 e. The molecule has 3 aromatic rings. The number of anilines is 3. The highest BCUT2D eigenvalue weighted by Gasteiger charge is 2.24. The van der Waals surface area contributed by atoms with Crippen molar-refractivity contribution in [2.45, 2.75) is 0 Å². The quantitative estimate of drug-likeness (QED) is 0.544. The maximum absolute atomic E-state index is 12.4. The molecule has 1 aliphatic rings. The number of H-pyrrole nitrogens is 2. The Bertz CT molecular complexity index is 1040. The van der Waals surface area contributed by atoms with Crippen LogP contribution in [0.2, 0.25) is 0 Å². The van der Waals surface area contributed by atoms with E-state index in [-0.39, 0.29) is 18.3 Å². The van der Waals surface area contributed by atoms with Gasteiger partial charge in [0.2, 0.25) is 0 Å². The number of carbonyl (C=O) groups is 1. The molecule has 0 radical (unpaired) electrons. The first kappa shape index (κ1) is 14.9. The first-order valence-corrected chi connectivity index (χ1v) is 7.55. The van der Waals surface area contributed by atoms with Crippen molar-refractivity contribution in [2.24, 2.45) is 0 Å². The maximum atomic E-state index is 12.4. The lowest BCUT2D eigenvalue weighted by Crippen LogP contribution is -2.35. The van der Waals surface area contributed by atoms with Gasteiger partial charge in [0.1, 0.15) is 23.1 Å². The number of nitrogen functional groups attached to an aromatic ring is 2. The summed E-state index contributed by atoms with van der Waals surface area (Å²) in [6.45, 7) is -0.00890. The molecule has 0 bridgehead atoms. The van der Waals surface area contributed by atoms with E-state index in [4.69, 9.17) is 16.2 Å². The van der Waals surface area contributed by atoms with Crippen LogP contribution < -0.4 is 26.8 Å². The molecule has 0 saturated carbocycles. The Kier molecular flexibility index (Phi) is 3.11. The molecule has 4 rings (SSSR count). The Labute approximate surface area is 141 Å². The molecule has 0 fully saturated rings. The fourth-order valence-electron chi connectivity index (χ4n) is 2.95. The zero-order valence-corrected chi connectivity index (χ0v) is 13.4. The van der Waals surface area contributed by atoms with Crippen LogP contribution in [0.25, 0.3) is 16.9 Å². The number of nitrogens with zero attached hydrogens (tertiary/aromatic N) is 2. The van der Waals surface area contributed by atoms with Gasteiger partial charge in [-0.2, -0.15) is 0 Å². The second-order valence-electron chi connectivity index (χ2n) is 5.73. The average molecular weight is 340 g/mol. The summed E-state index contributed by atoms with van der Waals surface area (Å²) in [6, 6.07) is 6.88. The van der Waals surface area contributed by atoms with E-state index in [1.807, 2.05) is 0 Å². The maximum Gasteiger partial charge on any atom is 0.332 e. The molecule has 0 atom stereocenters. The molecule has 128 valence electrons. The highest BCUT2D eigenvalue weighted by molar-refractivity contribution is 5.97. The summed E-state index contributed by atoms with van der Waals surface area (Å²) < 4.78 is 6.84. The molecule has 6 N–H and O–H groups in total. The lowest BCUT2D eigenvalue weighted by atomic mass is 10.2. The van der Waals surface area contributed by atoms with Crippen molar-refractivity contribution in [3.63, 3.8) is 0 Å². The van der Waals surface area contributed by atoms with E-state index in [9.17, 15) is 9.59 Å². The number of amides is 1. The predicted molar refractivity (Wildman–Crippen MR) is 93.9 cm³/mol. The second kappa shape index (κ2) is 5.20. The number of likely N-dealkylation sites (N-methyl/N-ethyl adjacent to an activating group) is 1. The van der Waals surface area contributed by atoms with Crippen LogP contribution in [-0.4, -0.2) is 34.1 Å². The summed E-state index contributed by atoms with van der Waals surface area (Å²) in [5, 5.41) is 0. The van der Waals surface area contributed by atoms with Gasteiger partial charge in [-0.25, -0.2) is 4.79 Å². The van der Waals surface area contributed by atoms with Gasteiger partial charge in [-0.05, 0) is 24.3 Å². The molecule has 0 saturated heterocycles. The first-order chi connectivity index (χ1) is 12.0. The third-order valence-corrected chi connectivity index (χ3v) is 4.24. The topological polar surface area (TPSA) is 135 Å². The number of nitrogens with two attached hydrogens (primary N) is 2. The van der Waals surface area contributed by atoms with Crippen LogP contribution in [-0.2, 0) is 4.79 Å². The largest absolute Gasteiger partial charge is 0.482 e. The van der Waals surface area contributed by atoms with Crippen LogP contribution in [0.1, 0.15) is 0 Å². The fourth-order valence-corrected chi connectivity index (χ4v) is 2.95. The lowest BCUT2D eigenvalue weighted by Gasteiger charge is -2.26. The molecule has 1 aromatic carbocycles. The third-order valence-electron chi connectivity index (χ3n) is 4.24. The summed E-state index contributed by atoms with van der Waals surface area (Å²) in [7, 11) is 1.66. The zero-order valence-electron chi connectivity index (χ0n) is 13.4. The number of fused-ring (bicyclic) bond motifs is 1. The number of rotatable bonds is 2. The minimum atomic E-state index is -0.404. The molecule has 0 aliphatic carbocycles. The molecular formula is C16H16N6O3. The molecule has 2 aromatic heterocycles. The molecule has 1 amide bonds. The average Bonchev–Trinajstić information content (AvgIpc) is 3.13. The number of nitrogens with one attached hydrogen (secondary N) is 2.